The molecule has 0 saturated heterocycles. The molecule has 1 heterocycles. The number of aromatic nitrogens is 3. The maximum Gasteiger partial charge on any atom is 0.323 e. The van der Waals surface area contributed by atoms with Gasteiger partial charge in [-0.3, -0.25) is 4.79 Å². The third-order valence-corrected chi connectivity index (χ3v) is 2.60. The van der Waals surface area contributed by atoms with Gasteiger partial charge in [-0.05, 0) is 19.3 Å². The summed E-state index contributed by atoms with van der Waals surface area (Å²) in [7, 11) is 0. The Morgan fingerprint density at radius 3 is 2.33 bits per heavy atom. The average molecular weight is 252 g/mol. The summed E-state index contributed by atoms with van der Waals surface area (Å²) in [6, 6.07) is 0. The Kier molecular flexibility index (Phi) is 5.48. The molecule has 1 rings (SSSR count). The van der Waals surface area contributed by atoms with Crippen LogP contribution in [0.2, 0.25) is 0 Å². The summed E-state index contributed by atoms with van der Waals surface area (Å²) in [5, 5.41) is 17.0. The fraction of sp³-hybridized carbons (Fsp3) is 0.667. The van der Waals surface area contributed by atoms with Crippen LogP contribution >= 0.6 is 0 Å². The molecule has 0 aromatic carbocycles. The standard InChI is InChI=1S/C12H20N4O2/c1-4-7-16(8-11(17)18)12-13-9(5-2)10(6-3)14-15-12/h4-8H2,1-3H3,(H,17,18). The van der Waals surface area contributed by atoms with Crippen molar-refractivity contribution in [2.24, 2.45) is 0 Å². The van der Waals surface area contributed by atoms with Gasteiger partial charge in [-0.15, -0.1) is 5.10 Å². The SMILES string of the molecule is CCCN(CC(=O)O)c1nnc(CC)c(CC)n1. The topological polar surface area (TPSA) is 79.2 Å². The van der Waals surface area contributed by atoms with Crippen LogP contribution in [0.15, 0.2) is 0 Å². The van der Waals surface area contributed by atoms with Crippen molar-refractivity contribution in [3.05, 3.63) is 11.4 Å². The predicted octanol–water partition coefficient (Wildman–Crippen LogP) is 1.30. The number of hydrogen-bond donors (Lipinski definition) is 1. The molecule has 0 aliphatic rings. The van der Waals surface area contributed by atoms with Crippen molar-refractivity contribution in [2.45, 2.75) is 40.0 Å². The molecule has 6 nitrogen and oxygen atoms in total. The van der Waals surface area contributed by atoms with Crippen molar-refractivity contribution in [2.75, 3.05) is 18.0 Å². The normalized spacial score (nSPS) is 10.4. The van der Waals surface area contributed by atoms with E-state index in [2.05, 4.69) is 15.2 Å². The van der Waals surface area contributed by atoms with E-state index in [-0.39, 0.29) is 6.54 Å². The van der Waals surface area contributed by atoms with Crippen molar-refractivity contribution in [3.63, 3.8) is 0 Å². The first-order chi connectivity index (χ1) is 8.62. The molecule has 0 fully saturated rings. The summed E-state index contributed by atoms with van der Waals surface area (Å²) in [6.45, 7) is 6.52. The minimum atomic E-state index is -0.885. The number of carboxylic acid groups (broad SMARTS) is 1. The Balaban J connectivity index is 3.00. The average Bonchev–Trinajstić information content (AvgIpc) is 2.37. The Bertz CT molecular complexity index is 409. The molecule has 1 aromatic rings. The van der Waals surface area contributed by atoms with Crippen molar-refractivity contribution >= 4 is 11.9 Å². The van der Waals surface area contributed by atoms with Gasteiger partial charge in [0, 0.05) is 6.54 Å². The van der Waals surface area contributed by atoms with Crippen molar-refractivity contribution < 1.29 is 9.90 Å². The zero-order valence-corrected chi connectivity index (χ0v) is 11.2. The van der Waals surface area contributed by atoms with Gasteiger partial charge >= 0.3 is 5.97 Å². The number of carboxylic acids is 1. The molecule has 0 saturated carbocycles. The van der Waals surface area contributed by atoms with Crippen LogP contribution < -0.4 is 4.90 Å². The lowest BCUT2D eigenvalue weighted by atomic mass is 10.2. The maximum absolute atomic E-state index is 10.8. The minimum Gasteiger partial charge on any atom is -0.480 e. The molecule has 0 atom stereocenters. The summed E-state index contributed by atoms with van der Waals surface area (Å²) in [6.07, 6.45) is 2.41. The zero-order chi connectivity index (χ0) is 13.5. The molecule has 1 N–H and O–H groups in total. The summed E-state index contributed by atoms with van der Waals surface area (Å²) >= 11 is 0. The molecular weight excluding hydrogens is 232 g/mol. The molecule has 0 radical (unpaired) electrons. The van der Waals surface area contributed by atoms with Crippen LogP contribution in [-0.2, 0) is 17.6 Å². The lowest BCUT2D eigenvalue weighted by Gasteiger charge is -2.20. The number of hydrogen-bond acceptors (Lipinski definition) is 5. The molecule has 0 spiro atoms. The van der Waals surface area contributed by atoms with Crippen LogP contribution in [0.1, 0.15) is 38.6 Å². The highest BCUT2D eigenvalue weighted by atomic mass is 16.4. The first-order valence-electron chi connectivity index (χ1n) is 6.31. The fourth-order valence-corrected chi connectivity index (χ4v) is 1.75. The quantitative estimate of drug-likeness (QED) is 0.788. The summed E-state index contributed by atoms with van der Waals surface area (Å²) in [5.41, 5.74) is 1.78. The maximum atomic E-state index is 10.8. The molecule has 0 aliphatic carbocycles. The van der Waals surface area contributed by atoms with Crippen LogP contribution in [0.4, 0.5) is 5.95 Å². The fourth-order valence-electron chi connectivity index (χ4n) is 1.75. The van der Waals surface area contributed by atoms with Gasteiger partial charge in [0.15, 0.2) is 0 Å². The lowest BCUT2D eigenvalue weighted by Crippen LogP contribution is -2.32. The van der Waals surface area contributed by atoms with E-state index in [1.165, 1.54) is 0 Å². The highest BCUT2D eigenvalue weighted by molar-refractivity contribution is 5.72. The second-order valence-electron chi connectivity index (χ2n) is 4.03. The van der Waals surface area contributed by atoms with Gasteiger partial charge in [-0.25, -0.2) is 4.98 Å². The summed E-state index contributed by atoms with van der Waals surface area (Å²) < 4.78 is 0. The molecular formula is C12H20N4O2. The number of anilines is 1. The van der Waals surface area contributed by atoms with Gasteiger partial charge in [0.05, 0.1) is 11.4 Å². The second kappa shape index (κ2) is 6.88. The first kappa shape index (κ1) is 14.3. The predicted molar refractivity (Wildman–Crippen MR) is 68.7 cm³/mol. The Hall–Kier alpha value is -1.72. The smallest absolute Gasteiger partial charge is 0.323 e. The third-order valence-electron chi connectivity index (χ3n) is 2.60. The highest BCUT2D eigenvalue weighted by Crippen LogP contribution is 2.11. The van der Waals surface area contributed by atoms with Crippen LogP contribution in [0.5, 0.6) is 0 Å². The van der Waals surface area contributed by atoms with E-state index >= 15 is 0 Å². The molecule has 0 unspecified atom stereocenters. The van der Waals surface area contributed by atoms with Gasteiger partial charge < -0.3 is 10.0 Å². The lowest BCUT2D eigenvalue weighted by molar-refractivity contribution is -0.135. The minimum absolute atomic E-state index is 0.0931. The molecule has 0 bridgehead atoms. The number of aliphatic carboxylic acids is 1. The van der Waals surface area contributed by atoms with Gasteiger partial charge in [-0.2, -0.15) is 5.10 Å². The number of aryl methyl sites for hydroxylation is 2. The van der Waals surface area contributed by atoms with Crippen molar-refractivity contribution in [3.8, 4) is 0 Å². The first-order valence-corrected chi connectivity index (χ1v) is 6.31. The summed E-state index contributed by atoms with van der Waals surface area (Å²) in [5.74, 6) is -0.474. The zero-order valence-electron chi connectivity index (χ0n) is 11.2. The van der Waals surface area contributed by atoms with E-state index in [4.69, 9.17) is 5.11 Å². The largest absolute Gasteiger partial charge is 0.480 e. The molecule has 1 aromatic heterocycles. The van der Waals surface area contributed by atoms with Gasteiger partial charge in [0.2, 0.25) is 5.95 Å². The Labute approximate surface area is 107 Å². The second-order valence-corrected chi connectivity index (χ2v) is 4.03. The van der Waals surface area contributed by atoms with Crippen molar-refractivity contribution in [1.82, 2.24) is 15.2 Å². The summed E-state index contributed by atoms with van der Waals surface area (Å²) in [4.78, 5) is 16.9. The van der Waals surface area contributed by atoms with E-state index in [0.717, 1.165) is 30.7 Å². The van der Waals surface area contributed by atoms with E-state index in [0.29, 0.717) is 12.5 Å². The van der Waals surface area contributed by atoms with Crippen LogP contribution in [-0.4, -0.2) is 39.3 Å². The molecule has 0 aliphatic heterocycles. The van der Waals surface area contributed by atoms with E-state index in [1.807, 2.05) is 20.8 Å². The van der Waals surface area contributed by atoms with E-state index < -0.39 is 5.97 Å². The van der Waals surface area contributed by atoms with Gasteiger partial charge in [0.1, 0.15) is 6.54 Å². The van der Waals surface area contributed by atoms with Crippen molar-refractivity contribution in [1.29, 1.82) is 0 Å². The number of carbonyl (C=O) groups is 1. The monoisotopic (exact) mass is 252 g/mol. The number of rotatable bonds is 7. The highest BCUT2D eigenvalue weighted by Gasteiger charge is 2.15. The van der Waals surface area contributed by atoms with Crippen LogP contribution in [0.25, 0.3) is 0 Å². The van der Waals surface area contributed by atoms with Crippen LogP contribution in [0.3, 0.4) is 0 Å². The Morgan fingerprint density at radius 2 is 1.83 bits per heavy atom. The molecule has 18 heavy (non-hydrogen) atoms. The van der Waals surface area contributed by atoms with E-state index in [9.17, 15) is 4.79 Å². The van der Waals surface area contributed by atoms with Crippen LogP contribution in [0, 0.1) is 0 Å². The molecule has 100 valence electrons. The molecule has 6 heteroatoms. The Morgan fingerprint density at radius 1 is 1.17 bits per heavy atom. The third kappa shape index (κ3) is 3.65. The van der Waals surface area contributed by atoms with E-state index in [1.54, 1.807) is 4.90 Å². The molecule has 0 amide bonds. The van der Waals surface area contributed by atoms with Gasteiger partial charge in [0.25, 0.3) is 0 Å². The number of nitrogens with zero attached hydrogens (tertiary/aromatic N) is 4. The van der Waals surface area contributed by atoms with Gasteiger partial charge in [-0.1, -0.05) is 20.8 Å².